The summed E-state index contributed by atoms with van der Waals surface area (Å²) in [6.07, 6.45) is 0. The van der Waals surface area contributed by atoms with E-state index in [-0.39, 0.29) is 11.4 Å². The van der Waals surface area contributed by atoms with E-state index in [0.29, 0.717) is 26.3 Å². The molecule has 1 amide bonds. The normalized spacial score (nSPS) is 11.5. The minimum absolute atomic E-state index is 0.00297. The van der Waals surface area contributed by atoms with E-state index in [1.54, 1.807) is 30.3 Å². The van der Waals surface area contributed by atoms with Crippen LogP contribution in [0.2, 0.25) is 15.1 Å². The van der Waals surface area contributed by atoms with E-state index in [1.807, 2.05) is 19.1 Å². The third kappa shape index (κ3) is 5.99. The maximum absolute atomic E-state index is 13.3. The SMILES string of the molecule is Cc1ccc(NC(=O)CN(Cc2c(Cl)cccc2Cl)S(=O)(=O)c2ccc(Cl)cc2)cc1. The summed E-state index contributed by atoms with van der Waals surface area (Å²) < 4.78 is 27.7. The van der Waals surface area contributed by atoms with E-state index in [0.717, 1.165) is 9.87 Å². The van der Waals surface area contributed by atoms with Crippen LogP contribution in [-0.4, -0.2) is 25.2 Å². The minimum Gasteiger partial charge on any atom is -0.325 e. The van der Waals surface area contributed by atoms with Gasteiger partial charge in [0.15, 0.2) is 0 Å². The maximum Gasteiger partial charge on any atom is 0.243 e. The number of carbonyl (C=O) groups excluding carboxylic acids is 1. The molecule has 3 rings (SSSR count). The van der Waals surface area contributed by atoms with Gasteiger partial charge < -0.3 is 5.32 Å². The Kier molecular flexibility index (Phi) is 7.62. The largest absolute Gasteiger partial charge is 0.325 e. The lowest BCUT2D eigenvalue weighted by Crippen LogP contribution is -2.37. The molecule has 3 aromatic carbocycles. The molecule has 0 radical (unpaired) electrons. The fourth-order valence-corrected chi connectivity index (χ4v) is 4.85. The Morgan fingerprint density at radius 2 is 1.48 bits per heavy atom. The first-order valence-corrected chi connectivity index (χ1v) is 11.8. The third-order valence-corrected chi connectivity index (χ3v) is 7.27. The van der Waals surface area contributed by atoms with Crippen molar-refractivity contribution in [3.63, 3.8) is 0 Å². The highest BCUT2D eigenvalue weighted by atomic mass is 35.5. The quantitative estimate of drug-likeness (QED) is 0.449. The Hall–Kier alpha value is -2.09. The van der Waals surface area contributed by atoms with Crippen molar-refractivity contribution in [2.75, 3.05) is 11.9 Å². The van der Waals surface area contributed by atoms with Crippen LogP contribution in [0.4, 0.5) is 5.69 Å². The fourth-order valence-electron chi connectivity index (χ4n) is 2.84. The van der Waals surface area contributed by atoms with E-state index < -0.39 is 22.5 Å². The Balaban J connectivity index is 1.92. The average molecular weight is 498 g/mol. The van der Waals surface area contributed by atoms with Gasteiger partial charge >= 0.3 is 0 Å². The molecule has 0 aromatic heterocycles. The molecule has 1 N–H and O–H groups in total. The number of benzene rings is 3. The first-order chi connectivity index (χ1) is 14.7. The molecule has 0 saturated carbocycles. The molecule has 0 spiro atoms. The predicted molar refractivity (Wildman–Crippen MR) is 125 cm³/mol. The molecule has 0 bridgehead atoms. The van der Waals surface area contributed by atoms with Gasteiger partial charge in [0.05, 0.1) is 11.4 Å². The standard InChI is InChI=1S/C22H19Cl3N2O3S/c1-15-5-9-17(10-6-15)26-22(28)14-27(13-19-20(24)3-2-4-21(19)25)31(29,30)18-11-7-16(23)8-12-18/h2-12H,13-14H2,1H3,(H,26,28). The van der Waals surface area contributed by atoms with Gasteiger partial charge in [-0.15, -0.1) is 0 Å². The van der Waals surface area contributed by atoms with Crippen LogP contribution in [0.3, 0.4) is 0 Å². The molecule has 9 heteroatoms. The second-order valence-electron chi connectivity index (χ2n) is 6.84. The summed E-state index contributed by atoms with van der Waals surface area (Å²) in [4.78, 5) is 12.7. The fraction of sp³-hybridized carbons (Fsp3) is 0.136. The van der Waals surface area contributed by atoms with Crippen LogP contribution in [0.15, 0.2) is 71.6 Å². The van der Waals surface area contributed by atoms with Crippen molar-refractivity contribution in [3.05, 3.63) is 92.9 Å². The van der Waals surface area contributed by atoms with Crippen LogP contribution >= 0.6 is 34.8 Å². The van der Waals surface area contributed by atoms with Gasteiger partial charge in [-0.2, -0.15) is 4.31 Å². The van der Waals surface area contributed by atoms with Crippen molar-refractivity contribution in [3.8, 4) is 0 Å². The molecule has 31 heavy (non-hydrogen) atoms. The van der Waals surface area contributed by atoms with Crippen molar-refractivity contribution < 1.29 is 13.2 Å². The zero-order valence-electron chi connectivity index (χ0n) is 16.5. The predicted octanol–water partition coefficient (Wildman–Crippen LogP) is 5.78. The summed E-state index contributed by atoms with van der Waals surface area (Å²) in [6.45, 7) is 1.32. The van der Waals surface area contributed by atoms with Crippen molar-refractivity contribution >= 4 is 56.4 Å². The molecule has 0 saturated heterocycles. The van der Waals surface area contributed by atoms with E-state index in [9.17, 15) is 13.2 Å². The Morgan fingerprint density at radius 3 is 2.06 bits per heavy atom. The highest BCUT2D eigenvalue weighted by Crippen LogP contribution is 2.28. The smallest absolute Gasteiger partial charge is 0.243 e. The van der Waals surface area contributed by atoms with Gasteiger partial charge in [-0.05, 0) is 55.5 Å². The Bertz CT molecular complexity index is 1160. The first-order valence-electron chi connectivity index (χ1n) is 9.22. The maximum atomic E-state index is 13.3. The highest BCUT2D eigenvalue weighted by Gasteiger charge is 2.28. The molecule has 0 aliphatic heterocycles. The third-order valence-electron chi connectivity index (χ3n) is 4.50. The van der Waals surface area contributed by atoms with Crippen LogP contribution in [0, 0.1) is 6.92 Å². The van der Waals surface area contributed by atoms with E-state index in [1.165, 1.54) is 24.3 Å². The summed E-state index contributed by atoms with van der Waals surface area (Å²) in [5.74, 6) is -0.496. The molecule has 0 unspecified atom stereocenters. The van der Waals surface area contributed by atoms with E-state index in [4.69, 9.17) is 34.8 Å². The molecule has 0 aliphatic rings. The second-order valence-corrected chi connectivity index (χ2v) is 10.0. The monoisotopic (exact) mass is 496 g/mol. The molecule has 0 atom stereocenters. The number of nitrogens with zero attached hydrogens (tertiary/aromatic N) is 1. The topological polar surface area (TPSA) is 66.5 Å². The number of halogens is 3. The molecule has 162 valence electrons. The number of sulfonamides is 1. The van der Waals surface area contributed by atoms with Gasteiger partial charge in [0.25, 0.3) is 0 Å². The lowest BCUT2D eigenvalue weighted by atomic mass is 10.2. The first kappa shape index (κ1) is 23.6. The van der Waals surface area contributed by atoms with Crippen molar-refractivity contribution in [2.45, 2.75) is 18.4 Å². The number of rotatable bonds is 7. The van der Waals surface area contributed by atoms with Crippen molar-refractivity contribution in [1.82, 2.24) is 4.31 Å². The number of nitrogens with one attached hydrogen (secondary N) is 1. The second kappa shape index (κ2) is 10.0. The lowest BCUT2D eigenvalue weighted by molar-refractivity contribution is -0.116. The zero-order valence-corrected chi connectivity index (χ0v) is 19.6. The number of carbonyl (C=O) groups is 1. The minimum atomic E-state index is -4.05. The summed E-state index contributed by atoms with van der Waals surface area (Å²) >= 11 is 18.4. The van der Waals surface area contributed by atoms with Crippen LogP contribution in [0.1, 0.15) is 11.1 Å². The molecular formula is C22H19Cl3N2O3S. The molecular weight excluding hydrogens is 479 g/mol. The number of hydrogen-bond acceptors (Lipinski definition) is 3. The number of hydrogen-bond donors (Lipinski definition) is 1. The summed E-state index contributed by atoms with van der Waals surface area (Å²) in [7, 11) is -4.05. The van der Waals surface area contributed by atoms with E-state index in [2.05, 4.69) is 5.32 Å². The van der Waals surface area contributed by atoms with Crippen LogP contribution in [0.25, 0.3) is 0 Å². The Labute approximate surface area is 196 Å². The van der Waals surface area contributed by atoms with Gasteiger partial charge in [0.1, 0.15) is 0 Å². The summed E-state index contributed by atoms with van der Waals surface area (Å²) in [6, 6.07) is 17.8. The molecule has 0 aliphatic carbocycles. The van der Waals surface area contributed by atoms with Crippen molar-refractivity contribution in [2.24, 2.45) is 0 Å². The van der Waals surface area contributed by atoms with E-state index >= 15 is 0 Å². The zero-order chi connectivity index (χ0) is 22.6. The average Bonchev–Trinajstić information content (AvgIpc) is 2.72. The van der Waals surface area contributed by atoms with Gasteiger partial charge in [0.2, 0.25) is 15.9 Å². The number of aryl methyl sites for hydroxylation is 1. The van der Waals surface area contributed by atoms with Crippen LogP contribution in [0.5, 0.6) is 0 Å². The summed E-state index contributed by atoms with van der Waals surface area (Å²) in [5, 5.41) is 3.73. The molecule has 0 fully saturated rings. The Morgan fingerprint density at radius 1 is 0.903 bits per heavy atom. The molecule has 3 aromatic rings. The van der Waals surface area contributed by atoms with Gasteiger partial charge in [0, 0.05) is 32.9 Å². The molecule has 0 heterocycles. The van der Waals surface area contributed by atoms with Gasteiger partial charge in [-0.25, -0.2) is 8.42 Å². The van der Waals surface area contributed by atoms with Gasteiger partial charge in [-0.3, -0.25) is 4.79 Å². The number of amides is 1. The number of anilines is 1. The molecule has 5 nitrogen and oxygen atoms in total. The summed E-state index contributed by atoms with van der Waals surface area (Å²) in [5.41, 5.74) is 2.01. The van der Waals surface area contributed by atoms with Crippen LogP contribution < -0.4 is 5.32 Å². The van der Waals surface area contributed by atoms with Gasteiger partial charge in [-0.1, -0.05) is 58.6 Å². The highest BCUT2D eigenvalue weighted by molar-refractivity contribution is 7.89. The lowest BCUT2D eigenvalue weighted by Gasteiger charge is -2.23. The van der Waals surface area contributed by atoms with Crippen molar-refractivity contribution in [1.29, 1.82) is 0 Å². The van der Waals surface area contributed by atoms with Crippen LogP contribution in [-0.2, 0) is 21.4 Å².